The number of aliphatic hydroxyl groups is 1. The molecule has 1 aliphatic carbocycles. The van der Waals surface area contributed by atoms with E-state index in [1.807, 2.05) is 0 Å². The van der Waals surface area contributed by atoms with Crippen LogP contribution in [0.25, 0.3) is 0 Å². The third kappa shape index (κ3) is 4.24. The van der Waals surface area contributed by atoms with Crippen molar-refractivity contribution in [2.45, 2.75) is 51.4 Å². The number of rotatable bonds is 7. The lowest BCUT2D eigenvalue weighted by atomic mass is 9.96. The highest BCUT2D eigenvalue weighted by Crippen LogP contribution is 2.32. The first-order chi connectivity index (χ1) is 7.49. The normalized spacial score (nSPS) is 21.2. The maximum Gasteiger partial charge on any atom is 0.185 e. The smallest absolute Gasteiger partial charge is 0.185 e. The molecule has 0 aromatic rings. The maximum atomic E-state index is 10.2. The highest BCUT2D eigenvalue weighted by Gasteiger charge is 2.31. The molecule has 0 spiro atoms. The summed E-state index contributed by atoms with van der Waals surface area (Å²) in [5.74, 6) is 0.797. The summed E-state index contributed by atoms with van der Waals surface area (Å²) >= 11 is 0. The van der Waals surface area contributed by atoms with E-state index in [1.54, 1.807) is 21.1 Å². The molecule has 16 heavy (non-hydrogen) atoms. The largest absolute Gasteiger partial charge is 0.385 e. The number of hydrogen-bond donors (Lipinski definition) is 1. The number of ether oxygens (including phenoxy) is 2. The van der Waals surface area contributed by atoms with Crippen LogP contribution in [0.4, 0.5) is 0 Å². The molecule has 1 unspecified atom stereocenters. The Morgan fingerprint density at radius 2 is 2.00 bits per heavy atom. The molecular weight excluding hydrogens is 204 g/mol. The molecule has 1 rings (SSSR count). The van der Waals surface area contributed by atoms with Gasteiger partial charge in [0.05, 0.1) is 0 Å². The van der Waals surface area contributed by atoms with Gasteiger partial charge in [-0.15, -0.1) is 0 Å². The molecule has 0 amide bonds. The van der Waals surface area contributed by atoms with Crippen LogP contribution in [0.3, 0.4) is 0 Å². The van der Waals surface area contributed by atoms with Crippen molar-refractivity contribution in [3.63, 3.8) is 0 Å². The fraction of sp³-hybridized carbons (Fsp3) is 0.846. The Morgan fingerprint density at radius 3 is 2.44 bits per heavy atom. The molecule has 1 N–H and O–H groups in total. The molecule has 1 aliphatic rings. The van der Waals surface area contributed by atoms with Crippen molar-refractivity contribution in [1.82, 2.24) is 0 Å². The molecule has 1 atom stereocenters. The molecule has 0 saturated heterocycles. The van der Waals surface area contributed by atoms with E-state index in [0.29, 0.717) is 6.42 Å². The summed E-state index contributed by atoms with van der Waals surface area (Å²) in [6, 6.07) is 0. The van der Waals surface area contributed by atoms with Crippen LogP contribution in [-0.2, 0) is 9.47 Å². The van der Waals surface area contributed by atoms with Gasteiger partial charge in [0.1, 0.15) is 5.60 Å². The van der Waals surface area contributed by atoms with Crippen LogP contribution in [0.1, 0.15) is 39.5 Å². The van der Waals surface area contributed by atoms with Gasteiger partial charge in [-0.2, -0.15) is 0 Å². The van der Waals surface area contributed by atoms with Gasteiger partial charge in [0.25, 0.3) is 0 Å². The second-order valence-corrected chi connectivity index (χ2v) is 5.01. The fourth-order valence-electron chi connectivity index (χ4n) is 1.92. The van der Waals surface area contributed by atoms with E-state index in [1.165, 1.54) is 18.4 Å². The molecule has 0 radical (unpaired) electrons. The molecule has 1 fully saturated rings. The lowest BCUT2D eigenvalue weighted by Gasteiger charge is -2.30. The molecule has 0 heterocycles. The fourth-order valence-corrected chi connectivity index (χ4v) is 1.92. The van der Waals surface area contributed by atoms with Crippen LogP contribution >= 0.6 is 0 Å². The summed E-state index contributed by atoms with van der Waals surface area (Å²) in [6.07, 6.45) is 5.98. The summed E-state index contributed by atoms with van der Waals surface area (Å²) in [6.45, 7) is 3.89. The molecule has 94 valence electrons. The monoisotopic (exact) mass is 228 g/mol. The van der Waals surface area contributed by atoms with E-state index in [-0.39, 0.29) is 0 Å². The first-order valence-corrected chi connectivity index (χ1v) is 5.95. The van der Waals surface area contributed by atoms with Crippen LogP contribution in [0.5, 0.6) is 0 Å². The van der Waals surface area contributed by atoms with Gasteiger partial charge in [0, 0.05) is 14.2 Å². The minimum absolute atomic E-state index is 0.554. The predicted molar refractivity (Wildman–Crippen MR) is 64.1 cm³/mol. The lowest BCUT2D eigenvalue weighted by Crippen LogP contribution is -2.41. The second kappa shape index (κ2) is 5.80. The molecule has 0 aliphatic heterocycles. The summed E-state index contributed by atoms with van der Waals surface area (Å²) in [7, 11) is 3.10. The van der Waals surface area contributed by atoms with Gasteiger partial charge in [-0.1, -0.05) is 11.6 Å². The number of allylic oxidation sites excluding steroid dienone is 2. The molecule has 0 aromatic carbocycles. The van der Waals surface area contributed by atoms with Crippen molar-refractivity contribution in [1.29, 1.82) is 0 Å². The summed E-state index contributed by atoms with van der Waals surface area (Å²) in [5, 5.41) is 10.2. The van der Waals surface area contributed by atoms with Crippen LogP contribution in [0.2, 0.25) is 0 Å². The SMILES string of the molecule is COC(OC)C(C)(O)CC/C(C)=C\C1CC1. The maximum absolute atomic E-state index is 10.2. The first kappa shape index (κ1) is 13.7. The molecule has 0 bridgehead atoms. The zero-order valence-electron chi connectivity index (χ0n) is 10.8. The van der Waals surface area contributed by atoms with Crippen LogP contribution in [0, 0.1) is 5.92 Å². The average molecular weight is 228 g/mol. The van der Waals surface area contributed by atoms with Crippen molar-refractivity contribution < 1.29 is 14.6 Å². The summed E-state index contributed by atoms with van der Waals surface area (Å²) < 4.78 is 10.2. The second-order valence-electron chi connectivity index (χ2n) is 5.01. The molecule has 0 aromatic heterocycles. The summed E-state index contributed by atoms with van der Waals surface area (Å²) in [4.78, 5) is 0. The van der Waals surface area contributed by atoms with Gasteiger partial charge in [-0.05, 0) is 45.4 Å². The number of hydrogen-bond acceptors (Lipinski definition) is 3. The topological polar surface area (TPSA) is 38.7 Å². The van der Waals surface area contributed by atoms with E-state index in [4.69, 9.17) is 9.47 Å². The minimum Gasteiger partial charge on any atom is -0.385 e. The molecular formula is C13H24O3. The van der Waals surface area contributed by atoms with E-state index in [2.05, 4.69) is 13.0 Å². The third-order valence-corrected chi connectivity index (χ3v) is 3.10. The highest BCUT2D eigenvalue weighted by atomic mass is 16.7. The lowest BCUT2D eigenvalue weighted by molar-refractivity contribution is -0.210. The Kier molecular flexibility index (Phi) is 4.96. The Bertz CT molecular complexity index is 238. The highest BCUT2D eigenvalue weighted by molar-refractivity contribution is 5.06. The van der Waals surface area contributed by atoms with Gasteiger partial charge in [-0.25, -0.2) is 0 Å². The van der Waals surface area contributed by atoms with E-state index in [9.17, 15) is 5.11 Å². The van der Waals surface area contributed by atoms with Gasteiger partial charge in [0.2, 0.25) is 0 Å². The van der Waals surface area contributed by atoms with E-state index < -0.39 is 11.9 Å². The quantitative estimate of drug-likeness (QED) is 0.537. The van der Waals surface area contributed by atoms with Gasteiger partial charge < -0.3 is 14.6 Å². The number of methoxy groups -OCH3 is 2. The molecule has 3 heteroatoms. The molecule has 1 saturated carbocycles. The van der Waals surface area contributed by atoms with E-state index in [0.717, 1.165) is 12.3 Å². The van der Waals surface area contributed by atoms with Crippen LogP contribution in [-0.4, -0.2) is 31.2 Å². The zero-order chi connectivity index (χ0) is 12.2. The average Bonchev–Trinajstić information content (AvgIpc) is 3.00. The Labute approximate surface area is 98.4 Å². The van der Waals surface area contributed by atoms with Crippen molar-refractivity contribution >= 4 is 0 Å². The van der Waals surface area contributed by atoms with Crippen molar-refractivity contribution in [3.05, 3.63) is 11.6 Å². The third-order valence-electron chi connectivity index (χ3n) is 3.10. The molecule has 3 nitrogen and oxygen atoms in total. The zero-order valence-corrected chi connectivity index (χ0v) is 10.8. The van der Waals surface area contributed by atoms with Crippen LogP contribution < -0.4 is 0 Å². The van der Waals surface area contributed by atoms with Crippen molar-refractivity contribution in [2.75, 3.05) is 14.2 Å². The minimum atomic E-state index is -0.928. The Morgan fingerprint density at radius 1 is 1.44 bits per heavy atom. The van der Waals surface area contributed by atoms with E-state index >= 15 is 0 Å². The van der Waals surface area contributed by atoms with Crippen LogP contribution in [0.15, 0.2) is 11.6 Å². The van der Waals surface area contributed by atoms with Crippen molar-refractivity contribution in [2.24, 2.45) is 5.92 Å². The predicted octanol–water partition coefficient (Wildman–Crippen LogP) is 2.49. The Balaban J connectivity index is 2.39. The standard InChI is InChI=1S/C13H24O3/c1-10(9-11-5-6-11)7-8-13(2,14)12(15-3)16-4/h9,11-12,14H,5-8H2,1-4H3/b10-9-. The first-order valence-electron chi connectivity index (χ1n) is 5.95. The van der Waals surface area contributed by atoms with Gasteiger partial charge >= 0.3 is 0 Å². The van der Waals surface area contributed by atoms with Crippen molar-refractivity contribution in [3.8, 4) is 0 Å². The van der Waals surface area contributed by atoms with Gasteiger partial charge in [0.15, 0.2) is 6.29 Å². The Hall–Kier alpha value is -0.380. The summed E-state index contributed by atoms with van der Waals surface area (Å²) in [5.41, 5.74) is 0.427. The van der Waals surface area contributed by atoms with Gasteiger partial charge in [-0.3, -0.25) is 0 Å².